The predicted molar refractivity (Wildman–Crippen MR) is 75.1 cm³/mol. The molecule has 0 aromatic carbocycles. The van der Waals surface area contributed by atoms with Crippen LogP contribution in [0.25, 0.3) is 0 Å². The Morgan fingerprint density at radius 2 is 2.11 bits per heavy atom. The summed E-state index contributed by atoms with van der Waals surface area (Å²) in [6.07, 6.45) is 6.57. The standard InChI is InChI=1S/C13H26N6/c1-10-5-7-13(8-6-10,18(2)3)12(16-14)11-9-15-17-19(11)4/h9-10,12,16H,5-8,14H2,1-4H3. The van der Waals surface area contributed by atoms with Gasteiger partial charge >= 0.3 is 0 Å². The monoisotopic (exact) mass is 266 g/mol. The van der Waals surface area contributed by atoms with Crippen LogP contribution >= 0.6 is 0 Å². The van der Waals surface area contributed by atoms with E-state index in [9.17, 15) is 0 Å². The van der Waals surface area contributed by atoms with Gasteiger partial charge in [-0.05, 0) is 45.7 Å². The Morgan fingerprint density at radius 1 is 1.47 bits per heavy atom. The van der Waals surface area contributed by atoms with Crippen molar-refractivity contribution in [2.45, 2.75) is 44.2 Å². The van der Waals surface area contributed by atoms with Gasteiger partial charge in [-0.25, -0.2) is 5.43 Å². The lowest BCUT2D eigenvalue weighted by atomic mass is 9.71. The third-order valence-corrected chi connectivity index (χ3v) is 4.78. The minimum Gasteiger partial charge on any atom is -0.302 e. The van der Waals surface area contributed by atoms with Crippen molar-refractivity contribution in [2.75, 3.05) is 14.1 Å². The van der Waals surface area contributed by atoms with Crippen LogP contribution in [0.15, 0.2) is 6.20 Å². The van der Waals surface area contributed by atoms with E-state index in [2.05, 4.69) is 41.7 Å². The van der Waals surface area contributed by atoms with Gasteiger partial charge in [-0.1, -0.05) is 12.1 Å². The van der Waals surface area contributed by atoms with Crippen molar-refractivity contribution in [1.29, 1.82) is 0 Å². The molecule has 1 aromatic heterocycles. The van der Waals surface area contributed by atoms with Crippen molar-refractivity contribution in [2.24, 2.45) is 18.8 Å². The summed E-state index contributed by atoms with van der Waals surface area (Å²) in [6.45, 7) is 2.33. The SMILES string of the molecule is CC1CCC(C(NN)c2cnnn2C)(N(C)C)CC1. The van der Waals surface area contributed by atoms with Crippen LogP contribution in [0.5, 0.6) is 0 Å². The molecular formula is C13H26N6. The number of hydrogen-bond acceptors (Lipinski definition) is 5. The third-order valence-electron chi connectivity index (χ3n) is 4.78. The Labute approximate surface area is 115 Å². The summed E-state index contributed by atoms with van der Waals surface area (Å²) in [6, 6.07) is 0.0509. The highest BCUT2D eigenvalue weighted by atomic mass is 15.4. The first-order valence-electron chi connectivity index (χ1n) is 6.99. The number of hydrazine groups is 1. The highest BCUT2D eigenvalue weighted by Crippen LogP contribution is 2.43. The molecule has 1 unspecified atom stereocenters. The molecule has 3 N–H and O–H groups in total. The van der Waals surface area contributed by atoms with Gasteiger partial charge in [0.2, 0.25) is 0 Å². The molecule has 6 heteroatoms. The molecule has 1 atom stereocenters. The highest BCUT2D eigenvalue weighted by molar-refractivity contribution is 5.13. The van der Waals surface area contributed by atoms with E-state index in [0.717, 1.165) is 24.5 Å². The molecule has 1 aliphatic carbocycles. The van der Waals surface area contributed by atoms with Crippen molar-refractivity contribution in [3.8, 4) is 0 Å². The molecule has 0 bridgehead atoms. The summed E-state index contributed by atoms with van der Waals surface area (Å²) < 4.78 is 1.81. The zero-order chi connectivity index (χ0) is 14.0. The molecule has 19 heavy (non-hydrogen) atoms. The summed E-state index contributed by atoms with van der Waals surface area (Å²) in [7, 11) is 6.20. The highest BCUT2D eigenvalue weighted by Gasteiger charge is 2.44. The molecule has 2 rings (SSSR count). The van der Waals surface area contributed by atoms with Crippen LogP contribution in [0.1, 0.15) is 44.3 Å². The van der Waals surface area contributed by atoms with Gasteiger partial charge in [0.1, 0.15) is 0 Å². The van der Waals surface area contributed by atoms with Crippen LogP contribution in [0.4, 0.5) is 0 Å². The lowest BCUT2D eigenvalue weighted by Gasteiger charge is -2.49. The van der Waals surface area contributed by atoms with E-state index in [4.69, 9.17) is 5.84 Å². The molecule has 1 aliphatic rings. The maximum absolute atomic E-state index is 5.88. The minimum absolute atomic E-state index is 0.0384. The van der Waals surface area contributed by atoms with E-state index in [1.165, 1.54) is 12.8 Å². The summed E-state index contributed by atoms with van der Waals surface area (Å²) in [5.41, 5.74) is 4.09. The van der Waals surface area contributed by atoms with Gasteiger partial charge in [-0.3, -0.25) is 10.5 Å². The summed E-state index contributed by atoms with van der Waals surface area (Å²) in [5, 5.41) is 8.03. The fourth-order valence-electron chi connectivity index (χ4n) is 3.33. The van der Waals surface area contributed by atoms with Crippen molar-refractivity contribution < 1.29 is 0 Å². The summed E-state index contributed by atoms with van der Waals surface area (Å²) >= 11 is 0. The fraction of sp³-hybridized carbons (Fsp3) is 0.846. The number of nitrogens with one attached hydrogen (secondary N) is 1. The summed E-state index contributed by atoms with van der Waals surface area (Å²) in [4.78, 5) is 2.32. The zero-order valence-electron chi connectivity index (χ0n) is 12.4. The normalized spacial score (nSPS) is 29.7. The maximum atomic E-state index is 5.88. The third kappa shape index (κ3) is 2.52. The lowest BCUT2D eigenvalue weighted by Crippen LogP contribution is -2.57. The second kappa shape index (κ2) is 5.56. The van der Waals surface area contributed by atoms with Crippen LogP contribution in [-0.4, -0.2) is 39.5 Å². The second-order valence-corrected chi connectivity index (χ2v) is 6.06. The Kier molecular flexibility index (Phi) is 4.23. The number of hydrogen-bond donors (Lipinski definition) is 2. The van der Waals surface area contributed by atoms with E-state index in [0.29, 0.717) is 0 Å². The number of aromatic nitrogens is 3. The number of likely N-dealkylation sites (N-methyl/N-ethyl adjacent to an activating group) is 1. The molecule has 0 saturated heterocycles. The first-order chi connectivity index (χ1) is 9.01. The molecular weight excluding hydrogens is 240 g/mol. The van der Waals surface area contributed by atoms with Crippen molar-refractivity contribution >= 4 is 0 Å². The van der Waals surface area contributed by atoms with Crippen LogP contribution in [0.2, 0.25) is 0 Å². The van der Waals surface area contributed by atoms with Crippen LogP contribution in [-0.2, 0) is 7.05 Å². The number of nitrogens with two attached hydrogens (primary N) is 1. The first-order valence-corrected chi connectivity index (χ1v) is 6.99. The van der Waals surface area contributed by atoms with Gasteiger partial charge in [0.05, 0.1) is 17.9 Å². The molecule has 0 aliphatic heterocycles. The van der Waals surface area contributed by atoms with E-state index >= 15 is 0 Å². The molecule has 1 heterocycles. The first kappa shape index (κ1) is 14.4. The van der Waals surface area contributed by atoms with Crippen LogP contribution in [0.3, 0.4) is 0 Å². The van der Waals surface area contributed by atoms with Gasteiger partial charge < -0.3 is 4.90 Å². The molecule has 6 nitrogen and oxygen atoms in total. The van der Waals surface area contributed by atoms with Gasteiger partial charge in [0.25, 0.3) is 0 Å². The molecule has 108 valence electrons. The van der Waals surface area contributed by atoms with E-state index in [1.807, 2.05) is 17.9 Å². The predicted octanol–water partition coefficient (Wildman–Crippen LogP) is 0.830. The number of aryl methyl sites for hydroxylation is 1. The Morgan fingerprint density at radius 3 is 2.53 bits per heavy atom. The Hall–Kier alpha value is -0.980. The quantitative estimate of drug-likeness (QED) is 0.624. The molecule has 0 radical (unpaired) electrons. The topological polar surface area (TPSA) is 72.0 Å². The fourth-order valence-corrected chi connectivity index (χ4v) is 3.33. The largest absolute Gasteiger partial charge is 0.302 e. The minimum atomic E-state index is 0.0384. The van der Waals surface area contributed by atoms with Gasteiger partial charge in [-0.15, -0.1) is 5.10 Å². The van der Waals surface area contributed by atoms with E-state index < -0.39 is 0 Å². The molecule has 1 aromatic rings. The smallest absolute Gasteiger partial charge is 0.0828 e. The lowest BCUT2D eigenvalue weighted by molar-refractivity contribution is 0.0400. The Balaban J connectivity index is 2.34. The van der Waals surface area contributed by atoms with Gasteiger partial charge in [0, 0.05) is 12.6 Å². The molecule has 1 fully saturated rings. The zero-order valence-corrected chi connectivity index (χ0v) is 12.4. The number of rotatable bonds is 4. The number of nitrogens with zero attached hydrogens (tertiary/aromatic N) is 4. The van der Waals surface area contributed by atoms with Crippen molar-refractivity contribution in [1.82, 2.24) is 25.3 Å². The Bertz CT molecular complexity index is 405. The van der Waals surface area contributed by atoms with E-state index in [-0.39, 0.29) is 11.6 Å². The van der Waals surface area contributed by atoms with E-state index in [1.54, 1.807) is 0 Å². The van der Waals surface area contributed by atoms with Gasteiger partial charge in [0.15, 0.2) is 0 Å². The molecule has 0 amide bonds. The van der Waals surface area contributed by atoms with Crippen LogP contribution in [0, 0.1) is 5.92 Å². The van der Waals surface area contributed by atoms with Crippen LogP contribution < -0.4 is 11.3 Å². The average molecular weight is 266 g/mol. The van der Waals surface area contributed by atoms with Crippen molar-refractivity contribution in [3.63, 3.8) is 0 Å². The maximum Gasteiger partial charge on any atom is 0.0828 e. The average Bonchev–Trinajstić information content (AvgIpc) is 2.79. The van der Waals surface area contributed by atoms with Crippen molar-refractivity contribution in [3.05, 3.63) is 11.9 Å². The molecule has 1 saturated carbocycles. The van der Waals surface area contributed by atoms with Gasteiger partial charge in [-0.2, -0.15) is 0 Å². The molecule has 0 spiro atoms. The summed E-state index contributed by atoms with van der Waals surface area (Å²) in [5.74, 6) is 6.68. The second-order valence-electron chi connectivity index (χ2n) is 6.06.